The van der Waals surface area contributed by atoms with Crippen LogP contribution in [0.4, 0.5) is 0 Å². The molecular formula is C9H18N6. The van der Waals surface area contributed by atoms with Gasteiger partial charge in [-0.2, -0.15) is 4.80 Å². The Kier molecular flexibility index (Phi) is 3.27. The molecule has 0 radical (unpaired) electrons. The zero-order valence-corrected chi connectivity index (χ0v) is 9.06. The molecule has 1 aromatic heterocycles. The maximum atomic E-state index is 5.52. The lowest BCUT2D eigenvalue weighted by molar-refractivity contribution is 0.258. The third-order valence-electron chi connectivity index (χ3n) is 3.06. The maximum Gasteiger partial charge on any atom is 0.176 e. The molecule has 1 atom stereocenters. The minimum Gasteiger partial charge on any atom is -0.271 e. The van der Waals surface area contributed by atoms with Crippen molar-refractivity contribution in [1.29, 1.82) is 0 Å². The van der Waals surface area contributed by atoms with Gasteiger partial charge in [0.15, 0.2) is 5.82 Å². The highest BCUT2D eigenvalue weighted by atomic mass is 15.6. The predicted octanol–water partition coefficient (Wildman–Crippen LogP) is -0.225. The van der Waals surface area contributed by atoms with Crippen molar-refractivity contribution in [2.24, 2.45) is 18.8 Å². The molecule has 1 aliphatic carbocycles. The Morgan fingerprint density at radius 3 is 2.87 bits per heavy atom. The Morgan fingerprint density at radius 2 is 2.40 bits per heavy atom. The van der Waals surface area contributed by atoms with Crippen LogP contribution in [0.1, 0.15) is 31.5 Å². The van der Waals surface area contributed by atoms with Gasteiger partial charge in [-0.1, -0.05) is 19.3 Å². The molecule has 1 heterocycles. The molecular weight excluding hydrogens is 192 g/mol. The van der Waals surface area contributed by atoms with E-state index in [0.29, 0.717) is 0 Å². The van der Waals surface area contributed by atoms with E-state index in [0.717, 1.165) is 24.6 Å². The van der Waals surface area contributed by atoms with Gasteiger partial charge >= 0.3 is 0 Å². The van der Waals surface area contributed by atoms with Gasteiger partial charge in [-0.25, -0.2) is 0 Å². The molecule has 84 valence electrons. The van der Waals surface area contributed by atoms with Gasteiger partial charge in [0.05, 0.1) is 7.05 Å². The number of tetrazole rings is 1. The minimum atomic E-state index is 0.277. The third kappa shape index (κ3) is 2.73. The number of nitrogens with one attached hydrogen (secondary N) is 1. The van der Waals surface area contributed by atoms with Crippen molar-refractivity contribution in [3.63, 3.8) is 0 Å². The first-order valence-electron chi connectivity index (χ1n) is 5.47. The highest BCUT2D eigenvalue weighted by Gasteiger charge is 2.22. The van der Waals surface area contributed by atoms with Crippen LogP contribution in [0.2, 0.25) is 0 Å². The summed E-state index contributed by atoms with van der Waals surface area (Å²) in [4.78, 5) is 1.48. The highest BCUT2D eigenvalue weighted by Crippen LogP contribution is 2.30. The lowest BCUT2D eigenvalue weighted by atomic mass is 9.80. The second-order valence-corrected chi connectivity index (χ2v) is 4.30. The highest BCUT2D eigenvalue weighted by molar-refractivity contribution is 4.86. The van der Waals surface area contributed by atoms with Gasteiger partial charge in [0.2, 0.25) is 0 Å². The van der Waals surface area contributed by atoms with Gasteiger partial charge in [0, 0.05) is 12.5 Å². The van der Waals surface area contributed by atoms with E-state index >= 15 is 0 Å². The molecule has 0 amide bonds. The van der Waals surface area contributed by atoms with Crippen molar-refractivity contribution < 1.29 is 0 Å². The van der Waals surface area contributed by atoms with Crippen molar-refractivity contribution in [3.8, 4) is 0 Å². The second-order valence-electron chi connectivity index (χ2n) is 4.30. The summed E-state index contributed by atoms with van der Waals surface area (Å²) >= 11 is 0. The second kappa shape index (κ2) is 4.67. The smallest absolute Gasteiger partial charge is 0.176 e. The maximum absolute atomic E-state index is 5.52. The summed E-state index contributed by atoms with van der Waals surface area (Å²) in [6, 6.07) is 0.277. The molecule has 0 bridgehead atoms. The van der Waals surface area contributed by atoms with Crippen LogP contribution in [0.15, 0.2) is 0 Å². The summed E-state index contributed by atoms with van der Waals surface area (Å²) < 4.78 is 0. The third-order valence-corrected chi connectivity index (χ3v) is 3.06. The molecule has 1 aliphatic rings. The van der Waals surface area contributed by atoms with Crippen LogP contribution in [0.3, 0.4) is 0 Å². The van der Waals surface area contributed by atoms with Crippen molar-refractivity contribution in [3.05, 3.63) is 5.82 Å². The van der Waals surface area contributed by atoms with Gasteiger partial charge in [0.1, 0.15) is 0 Å². The molecule has 1 saturated carbocycles. The summed E-state index contributed by atoms with van der Waals surface area (Å²) in [5, 5.41) is 11.9. The van der Waals surface area contributed by atoms with E-state index in [9.17, 15) is 0 Å². The van der Waals surface area contributed by atoms with E-state index in [2.05, 4.69) is 20.8 Å². The largest absolute Gasteiger partial charge is 0.271 e. The zero-order valence-electron chi connectivity index (χ0n) is 9.06. The minimum absolute atomic E-state index is 0.277. The van der Waals surface area contributed by atoms with Crippen LogP contribution in [0.5, 0.6) is 0 Å². The molecule has 6 heteroatoms. The fourth-order valence-corrected chi connectivity index (χ4v) is 1.97. The molecule has 6 nitrogen and oxygen atoms in total. The fourth-order valence-electron chi connectivity index (χ4n) is 1.97. The van der Waals surface area contributed by atoms with Gasteiger partial charge in [-0.3, -0.25) is 11.3 Å². The van der Waals surface area contributed by atoms with Crippen LogP contribution in [0, 0.1) is 5.92 Å². The van der Waals surface area contributed by atoms with Gasteiger partial charge in [0.25, 0.3) is 0 Å². The molecule has 0 spiro atoms. The lowest BCUT2D eigenvalue weighted by Gasteiger charge is -2.28. The molecule has 0 saturated heterocycles. The number of nitrogens with two attached hydrogens (primary N) is 1. The summed E-state index contributed by atoms with van der Waals surface area (Å²) in [5.74, 6) is 7.12. The van der Waals surface area contributed by atoms with E-state index < -0.39 is 0 Å². The van der Waals surface area contributed by atoms with Crippen LogP contribution in [-0.2, 0) is 13.5 Å². The van der Waals surface area contributed by atoms with Gasteiger partial charge < -0.3 is 0 Å². The van der Waals surface area contributed by atoms with E-state index in [1.807, 2.05) is 0 Å². The number of rotatable bonds is 5. The summed E-state index contributed by atoms with van der Waals surface area (Å²) in [6.07, 6.45) is 5.93. The summed E-state index contributed by atoms with van der Waals surface area (Å²) in [7, 11) is 1.77. The van der Waals surface area contributed by atoms with Crippen LogP contribution in [0.25, 0.3) is 0 Å². The molecule has 15 heavy (non-hydrogen) atoms. The van der Waals surface area contributed by atoms with Gasteiger partial charge in [-0.15, -0.1) is 10.2 Å². The fraction of sp³-hybridized carbons (Fsp3) is 0.889. The molecule has 0 aromatic carbocycles. The van der Waals surface area contributed by atoms with E-state index in [1.54, 1.807) is 7.05 Å². The average molecular weight is 210 g/mol. The molecule has 1 unspecified atom stereocenters. The Labute approximate surface area is 89.2 Å². The molecule has 1 fully saturated rings. The lowest BCUT2D eigenvalue weighted by Crippen LogP contribution is -2.39. The molecule has 1 aromatic rings. The normalized spacial score (nSPS) is 18.8. The van der Waals surface area contributed by atoms with E-state index in [4.69, 9.17) is 5.84 Å². The summed E-state index contributed by atoms with van der Waals surface area (Å²) in [5.41, 5.74) is 2.84. The monoisotopic (exact) mass is 210 g/mol. The van der Waals surface area contributed by atoms with Gasteiger partial charge in [-0.05, 0) is 17.6 Å². The van der Waals surface area contributed by atoms with E-state index in [-0.39, 0.29) is 6.04 Å². The van der Waals surface area contributed by atoms with Crippen LogP contribution < -0.4 is 11.3 Å². The predicted molar refractivity (Wildman–Crippen MR) is 55.6 cm³/mol. The number of aryl methyl sites for hydroxylation is 1. The summed E-state index contributed by atoms with van der Waals surface area (Å²) in [6.45, 7) is 0. The number of hydrogen-bond donors (Lipinski definition) is 2. The molecule has 3 N–H and O–H groups in total. The van der Waals surface area contributed by atoms with Crippen LogP contribution in [-0.4, -0.2) is 26.2 Å². The van der Waals surface area contributed by atoms with Crippen molar-refractivity contribution >= 4 is 0 Å². The first-order valence-corrected chi connectivity index (χ1v) is 5.47. The number of hydrazine groups is 1. The average Bonchev–Trinajstić information content (AvgIpc) is 2.55. The van der Waals surface area contributed by atoms with Crippen LogP contribution >= 0.6 is 0 Å². The quantitative estimate of drug-likeness (QED) is 0.518. The Morgan fingerprint density at radius 1 is 1.60 bits per heavy atom. The van der Waals surface area contributed by atoms with Crippen molar-refractivity contribution in [1.82, 2.24) is 25.6 Å². The standard InChI is InChI=1S/C9H18N6/c1-15-13-9(12-14-15)6-8(11-10)5-7-3-2-4-7/h7-8,11H,2-6,10H2,1H3. The Balaban J connectivity index is 1.84. The molecule has 0 aliphatic heterocycles. The van der Waals surface area contributed by atoms with E-state index in [1.165, 1.54) is 24.1 Å². The Hall–Kier alpha value is -1.01. The number of nitrogens with zero attached hydrogens (tertiary/aromatic N) is 4. The number of hydrogen-bond acceptors (Lipinski definition) is 5. The first kappa shape index (κ1) is 10.5. The van der Waals surface area contributed by atoms with Crippen molar-refractivity contribution in [2.75, 3.05) is 0 Å². The topological polar surface area (TPSA) is 81.7 Å². The number of aromatic nitrogens is 4. The first-order chi connectivity index (χ1) is 7.28. The Bertz CT molecular complexity index is 305. The SMILES string of the molecule is Cn1nnc(CC(CC2CCC2)NN)n1. The zero-order chi connectivity index (χ0) is 10.7. The van der Waals surface area contributed by atoms with Crippen molar-refractivity contribution in [2.45, 2.75) is 38.1 Å². The molecule has 2 rings (SSSR count).